The summed E-state index contributed by atoms with van der Waals surface area (Å²) in [6.07, 6.45) is 0.133. The Labute approximate surface area is 155 Å². The minimum atomic E-state index is -0.489. The van der Waals surface area contributed by atoms with Gasteiger partial charge in [-0.1, -0.05) is 61.0 Å². The Balaban J connectivity index is 1.64. The molecule has 3 nitrogen and oxygen atoms in total. The second kappa shape index (κ2) is 8.05. The van der Waals surface area contributed by atoms with Gasteiger partial charge < -0.3 is 10.1 Å². The van der Waals surface area contributed by atoms with Crippen molar-refractivity contribution in [3.8, 4) is 5.75 Å². The molecule has 0 radical (unpaired) electrons. The van der Waals surface area contributed by atoms with Gasteiger partial charge in [-0.25, -0.2) is 0 Å². The van der Waals surface area contributed by atoms with Crippen LogP contribution in [0, 0.1) is 13.8 Å². The van der Waals surface area contributed by atoms with Crippen LogP contribution in [0.5, 0.6) is 5.75 Å². The summed E-state index contributed by atoms with van der Waals surface area (Å²) in [5, 5.41) is 5.38. The van der Waals surface area contributed by atoms with E-state index >= 15 is 0 Å². The molecule has 0 heterocycles. The van der Waals surface area contributed by atoms with Gasteiger partial charge in [-0.2, -0.15) is 0 Å². The van der Waals surface area contributed by atoms with E-state index in [4.69, 9.17) is 4.74 Å². The van der Waals surface area contributed by atoms with Crippen LogP contribution in [-0.4, -0.2) is 12.0 Å². The van der Waals surface area contributed by atoms with Crippen LogP contribution in [-0.2, 0) is 11.3 Å². The third kappa shape index (κ3) is 4.23. The maximum atomic E-state index is 12.6. The molecule has 3 rings (SSSR count). The summed E-state index contributed by atoms with van der Waals surface area (Å²) in [6.45, 7) is 6.51. The summed E-state index contributed by atoms with van der Waals surface area (Å²) < 4.78 is 5.96. The molecule has 0 aliphatic heterocycles. The molecule has 3 aromatic carbocycles. The zero-order valence-corrected chi connectivity index (χ0v) is 15.6. The van der Waals surface area contributed by atoms with E-state index in [1.165, 1.54) is 16.3 Å². The first-order valence-corrected chi connectivity index (χ1v) is 9.06. The van der Waals surface area contributed by atoms with Crippen molar-refractivity contribution in [3.05, 3.63) is 77.4 Å². The molecular weight excluding hydrogens is 322 g/mol. The molecule has 0 aliphatic carbocycles. The van der Waals surface area contributed by atoms with Gasteiger partial charge in [-0.05, 0) is 54.3 Å². The monoisotopic (exact) mass is 347 g/mol. The lowest BCUT2D eigenvalue weighted by Crippen LogP contribution is -2.37. The molecule has 0 fully saturated rings. The maximum Gasteiger partial charge on any atom is 0.261 e. The minimum Gasteiger partial charge on any atom is -0.480 e. The molecule has 3 heteroatoms. The largest absolute Gasteiger partial charge is 0.480 e. The van der Waals surface area contributed by atoms with E-state index < -0.39 is 6.10 Å². The van der Waals surface area contributed by atoms with Crippen molar-refractivity contribution in [2.24, 2.45) is 0 Å². The van der Waals surface area contributed by atoms with Gasteiger partial charge in [0.2, 0.25) is 0 Å². The second-order valence-electron chi connectivity index (χ2n) is 6.68. The number of rotatable bonds is 6. The number of benzene rings is 3. The quantitative estimate of drug-likeness (QED) is 0.686. The van der Waals surface area contributed by atoms with Crippen LogP contribution < -0.4 is 10.1 Å². The van der Waals surface area contributed by atoms with Crippen molar-refractivity contribution in [1.82, 2.24) is 5.32 Å². The molecule has 0 spiro atoms. The molecule has 26 heavy (non-hydrogen) atoms. The van der Waals surface area contributed by atoms with Crippen LogP contribution >= 0.6 is 0 Å². The summed E-state index contributed by atoms with van der Waals surface area (Å²) in [5.41, 5.74) is 3.31. The number of nitrogens with one attached hydrogen (secondary N) is 1. The highest BCUT2D eigenvalue weighted by Gasteiger charge is 2.18. The SMILES string of the molecule is CC[C@H](Oc1ccc(C)cc1C)C(=O)NCc1ccc2ccccc2c1. The number of amides is 1. The lowest BCUT2D eigenvalue weighted by molar-refractivity contribution is -0.128. The van der Waals surface area contributed by atoms with E-state index in [9.17, 15) is 4.79 Å². The van der Waals surface area contributed by atoms with Crippen molar-refractivity contribution in [1.29, 1.82) is 0 Å². The minimum absolute atomic E-state index is 0.0827. The van der Waals surface area contributed by atoms with Crippen LogP contribution in [0.4, 0.5) is 0 Å². The molecule has 3 aromatic rings. The third-order valence-electron chi connectivity index (χ3n) is 4.54. The molecule has 0 saturated carbocycles. The van der Waals surface area contributed by atoms with Gasteiger partial charge >= 0.3 is 0 Å². The van der Waals surface area contributed by atoms with E-state index in [1.807, 2.05) is 45.0 Å². The third-order valence-corrected chi connectivity index (χ3v) is 4.54. The highest BCUT2D eigenvalue weighted by atomic mass is 16.5. The number of carbonyl (C=O) groups excluding carboxylic acids is 1. The summed E-state index contributed by atoms with van der Waals surface area (Å²) in [7, 11) is 0. The lowest BCUT2D eigenvalue weighted by atomic mass is 10.1. The van der Waals surface area contributed by atoms with E-state index in [0.29, 0.717) is 13.0 Å². The normalized spacial score (nSPS) is 12.0. The predicted molar refractivity (Wildman–Crippen MR) is 106 cm³/mol. The van der Waals surface area contributed by atoms with E-state index in [-0.39, 0.29) is 5.91 Å². The number of aryl methyl sites for hydroxylation is 2. The Hall–Kier alpha value is -2.81. The summed E-state index contributed by atoms with van der Waals surface area (Å²) in [6, 6.07) is 20.5. The highest BCUT2D eigenvalue weighted by Crippen LogP contribution is 2.21. The van der Waals surface area contributed by atoms with Gasteiger partial charge in [-0.15, -0.1) is 0 Å². The molecular formula is C23H25NO2. The number of hydrogen-bond donors (Lipinski definition) is 1. The fourth-order valence-corrected chi connectivity index (χ4v) is 3.06. The predicted octanol–water partition coefficient (Wildman–Crippen LogP) is 4.93. The first kappa shape index (κ1) is 18.0. The van der Waals surface area contributed by atoms with Crippen LogP contribution in [0.2, 0.25) is 0 Å². The molecule has 0 unspecified atom stereocenters. The highest BCUT2D eigenvalue weighted by molar-refractivity contribution is 5.84. The summed E-state index contributed by atoms with van der Waals surface area (Å²) in [5.74, 6) is 0.684. The van der Waals surface area contributed by atoms with Gasteiger partial charge in [-0.3, -0.25) is 4.79 Å². The van der Waals surface area contributed by atoms with Crippen molar-refractivity contribution in [2.75, 3.05) is 0 Å². The van der Waals surface area contributed by atoms with Crippen molar-refractivity contribution in [2.45, 2.75) is 39.8 Å². The Morgan fingerprint density at radius 2 is 1.77 bits per heavy atom. The first-order valence-electron chi connectivity index (χ1n) is 9.06. The number of carbonyl (C=O) groups is 1. The van der Waals surface area contributed by atoms with Crippen molar-refractivity contribution in [3.63, 3.8) is 0 Å². The molecule has 1 atom stereocenters. The van der Waals surface area contributed by atoms with Gasteiger partial charge in [0.1, 0.15) is 5.75 Å². The molecule has 0 saturated heterocycles. The molecule has 0 aliphatic rings. The molecule has 1 amide bonds. The topological polar surface area (TPSA) is 38.3 Å². The number of hydrogen-bond acceptors (Lipinski definition) is 2. The maximum absolute atomic E-state index is 12.6. The van der Waals surface area contributed by atoms with Crippen molar-refractivity contribution >= 4 is 16.7 Å². The Bertz CT molecular complexity index is 917. The number of ether oxygens (including phenoxy) is 1. The van der Waals surface area contributed by atoms with Gasteiger partial charge in [0.25, 0.3) is 5.91 Å². The van der Waals surface area contributed by atoms with Crippen LogP contribution in [0.25, 0.3) is 10.8 Å². The average molecular weight is 347 g/mol. The molecule has 0 aromatic heterocycles. The molecule has 1 N–H and O–H groups in total. The van der Waals surface area contributed by atoms with Crippen LogP contribution in [0.1, 0.15) is 30.0 Å². The average Bonchev–Trinajstić information content (AvgIpc) is 2.65. The molecule has 0 bridgehead atoms. The fourth-order valence-electron chi connectivity index (χ4n) is 3.06. The lowest BCUT2D eigenvalue weighted by Gasteiger charge is -2.19. The van der Waals surface area contributed by atoms with Crippen LogP contribution in [0.3, 0.4) is 0 Å². The number of fused-ring (bicyclic) bond motifs is 1. The summed E-state index contributed by atoms with van der Waals surface area (Å²) >= 11 is 0. The van der Waals surface area contributed by atoms with Crippen molar-refractivity contribution < 1.29 is 9.53 Å². The van der Waals surface area contributed by atoms with Gasteiger partial charge in [0, 0.05) is 6.54 Å². The fraction of sp³-hybridized carbons (Fsp3) is 0.261. The first-order chi connectivity index (χ1) is 12.6. The second-order valence-corrected chi connectivity index (χ2v) is 6.68. The molecule has 134 valence electrons. The Kier molecular flexibility index (Phi) is 5.57. The van der Waals surface area contributed by atoms with Gasteiger partial charge in [0.15, 0.2) is 6.10 Å². The standard InChI is InChI=1S/C23H25NO2/c1-4-21(26-22-12-9-16(2)13-17(22)3)23(25)24-15-18-10-11-19-7-5-6-8-20(19)14-18/h5-14,21H,4,15H2,1-3H3,(H,24,25)/t21-/m0/s1. The Morgan fingerprint density at radius 1 is 1.00 bits per heavy atom. The zero-order valence-electron chi connectivity index (χ0n) is 15.6. The summed E-state index contributed by atoms with van der Waals surface area (Å²) in [4.78, 5) is 12.6. The van der Waals surface area contributed by atoms with Gasteiger partial charge in [0.05, 0.1) is 0 Å². The van der Waals surface area contributed by atoms with Crippen LogP contribution in [0.15, 0.2) is 60.7 Å². The Morgan fingerprint density at radius 3 is 2.50 bits per heavy atom. The van der Waals surface area contributed by atoms with E-state index in [0.717, 1.165) is 16.9 Å². The zero-order chi connectivity index (χ0) is 18.5. The van der Waals surface area contributed by atoms with E-state index in [2.05, 4.69) is 41.7 Å². The van der Waals surface area contributed by atoms with E-state index in [1.54, 1.807) is 0 Å². The smallest absolute Gasteiger partial charge is 0.261 e.